The van der Waals surface area contributed by atoms with Gasteiger partial charge in [0.25, 0.3) is 0 Å². The molecule has 0 spiro atoms. The molecule has 70 valence electrons. The molecule has 0 bridgehead atoms. The van der Waals surface area contributed by atoms with Gasteiger partial charge >= 0.3 is 0 Å². The minimum Gasteiger partial charge on any atom is -0.394 e. The lowest BCUT2D eigenvalue weighted by Gasteiger charge is -2.18. The van der Waals surface area contributed by atoms with Gasteiger partial charge < -0.3 is 10.1 Å². The Labute approximate surface area is 74.0 Å². The van der Waals surface area contributed by atoms with Gasteiger partial charge in [0.2, 0.25) is 0 Å². The van der Waals surface area contributed by atoms with Crippen molar-refractivity contribution < 1.29 is 5.11 Å². The zero-order chi connectivity index (χ0) is 9.19. The highest BCUT2D eigenvalue weighted by atomic mass is 16.3. The van der Waals surface area contributed by atoms with Gasteiger partial charge in [-0.2, -0.15) is 0 Å². The molecule has 0 saturated heterocycles. The summed E-state index contributed by atoms with van der Waals surface area (Å²) in [6.07, 6.45) is 2.09. The van der Waals surface area contributed by atoms with Crippen molar-refractivity contribution in [3.8, 4) is 0 Å². The van der Waals surface area contributed by atoms with Gasteiger partial charge in [0.1, 0.15) is 0 Å². The molecule has 3 nitrogen and oxygen atoms in total. The molecule has 0 aromatic rings. The second-order valence-corrected chi connectivity index (χ2v) is 4.16. The molecule has 0 atom stereocenters. The summed E-state index contributed by atoms with van der Waals surface area (Å²) in [5.41, 5.74) is 4.81. The Morgan fingerprint density at radius 3 is 2.67 bits per heavy atom. The van der Waals surface area contributed by atoms with Crippen LogP contribution in [0.1, 0.15) is 20.8 Å². The van der Waals surface area contributed by atoms with Gasteiger partial charge in [0.05, 0.1) is 13.2 Å². The number of hydrazine groups is 1. The van der Waals surface area contributed by atoms with Crippen LogP contribution >= 0.6 is 0 Å². The molecule has 1 heterocycles. The Bertz CT molecular complexity index is 181. The minimum absolute atomic E-state index is 0.195. The summed E-state index contributed by atoms with van der Waals surface area (Å²) < 4.78 is 0. The second-order valence-electron chi connectivity index (χ2n) is 4.16. The van der Waals surface area contributed by atoms with E-state index >= 15 is 0 Å². The average molecular weight is 170 g/mol. The molecule has 0 fully saturated rings. The van der Waals surface area contributed by atoms with Crippen LogP contribution in [0.3, 0.4) is 0 Å². The molecule has 0 aliphatic carbocycles. The maximum absolute atomic E-state index is 8.70. The molecule has 0 unspecified atom stereocenters. The molecule has 0 aromatic carbocycles. The van der Waals surface area contributed by atoms with E-state index in [9.17, 15) is 0 Å². The fourth-order valence-electron chi connectivity index (χ4n) is 1.18. The van der Waals surface area contributed by atoms with Crippen molar-refractivity contribution in [2.45, 2.75) is 20.8 Å². The van der Waals surface area contributed by atoms with Crippen LogP contribution in [0.2, 0.25) is 0 Å². The van der Waals surface area contributed by atoms with E-state index in [1.165, 1.54) is 5.57 Å². The van der Waals surface area contributed by atoms with Crippen molar-refractivity contribution in [1.29, 1.82) is 0 Å². The highest BCUT2D eigenvalue weighted by Gasteiger charge is 2.22. The Morgan fingerprint density at radius 1 is 1.58 bits per heavy atom. The second kappa shape index (κ2) is 3.46. The van der Waals surface area contributed by atoms with Gasteiger partial charge in [0.15, 0.2) is 0 Å². The van der Waals surface area contributed by atoms with Crippen molar-refractivity contribution in [3.63, 3.8) is 0 Å². The Balaban J connectivity index is 2.54. The number of aliphatic hydroxyl groups is 1. The van der Waals surface area contributed by atoms with E-state index in [-0.39, 0.29) is 12.0 Å². The summed E-state index contributed by atoms with van der Waals surface area (Å²) in [6.45, 7) is 8.36. The zero-order valence-corrected chi connectivity index (χ0v) is 8.09. The maximum Gasteiger partial charge on any atom is 0.0622 e. The van der Waals surface area contributed by atoms with E-state index in [4.69, 9.17) is 5.11 Å². The molecular weight excluding hydrogens is 152 g/mol. The van der Waals surface area contributed by atoms with Crippen molar-refractivity contribution in [2.75, 3.05) is 19.7 Å². The average Bonchev–Trinajstić information content (AvgIpc) is 2.35. The van der Waals surface area contributed by atoms with E-state index in [2.05, 4.69) is 32.4 Å². The minimum atomic E-state index is 0.195. The number of β-amino-alcohol motifs (C(OH)–C–C–N with tert-alkyl or cyclic N) is 1. The van der Waals surface area contributed by atoms with Gasteiger partial charge in [-0.3, -0.25) is 0 Å². The molecular formula is C9H18N2O. The molecule has 0 aromatic heterocycles. The molecule has 12 heavy (non-hydrogen) atoms. The van der Waals surface area contributed by atoms with Gasteiger partial charge in [-0.05, 0) is 11.0 Å². The molecule has 2 N–H and O–H groups in total. The number of nitrogens with zero attached hydrogens (tertiary/aromatic N) is 1. The third kappa shape index (κ3) is 2.22. The first kappa shape index (κ1) is 9.55. The SMILES string of the molecule is CC(C)(C)C1=CN(CCO)NC1. The lowest BCUT2D eigenvalue weighted by atomic mass is 9.87. The highest BCUT2D eigenvalue weighted by Crippen LogP contribution is 2.26. The standard InChI is InChI=1S/C9H18N2O/c1-9(2,3)8-6-10-11(7-8)4-5-12/h7,10,12H,4-6H2,1-3H3. The Morgan fingerprint density at radius 2 is 2.25 bits per heavy atom. The molecule has 1 rings (SSSR count). The van der Waals surface area contributed by atoms with Crippen LogP contribution in [-0.2, 0) is 0 Å². The smallest absolute Gasteiger partial charge is 0.0622 e. The number of hydrogen-bond acceptors (Lipinski definition) is 3. The first-order valence-electron chi connectivity index (χ1n) is 4.36. The van der Waals surface area contributed by atoms with Crippen molar-refractivity contribution in [2.24, 2.45) is 5.41 Å². The van der Waals surface area contributed by atoms with Crippen LogP contribution in [0, 0.1) is 5.41 Å². The third-order valence-electron chi connectivity index (χ3n) is 2.09. The summed E-state index contributed by atoms with van der Waals surface area (Å²) in [5.74, 6) is 0. The summed E-state index contributed by atoms with van der Waals surface area (Å²) in [4.78, 5) is 0. The monoisotopic (exact) mass is 170 g/mol. The van der Waals surface area contributed by atoms with Gasteiger partial charge in [-0.1, -0.05) is 20.8 Å². The molecule has 0 radical (unpaired) electrons. The van der Waals surface area contributed by atoms with Crippen molar-refractivity contribution in [1.82, 2.24) is 10.4 Å². The first-order chi connectivity index (χ1) is 5.54. The van der Waals surface area contributed by atoms with E-state index in [1.807, 2.05) is 5.01 Å². The van der Waals surface area contributed by atoms with Crippen LogP contribution in [0.15, 0.2) is 11.8 Å². The summed E-state index contributed by atoms with van der Waals surface area (Å²) in [5, 5.41) is 10.6. The fraction of sp³-hybridized carbons (Fsp3) is 0.778. The predicted molar refractivity (Wildman–Crippen MR) is 49.3 cm³/mol. The van der Waals surface area contributed by atoms with Crippen LogP contribution in [-0.4, -0.2) is 29.8 Å². The fourth-order valence-corrected chi connectivity index (χ4v) is 1.18. The van der Waals surface area contributed by atoms with E-state index in [0.717, 1.165) is 6.54 Å². The molecule has 0 saturated carbocycles. The lowest BCUT2D eigenvalue weighted by molar-refractivity contribution is 0.210. The maximum atomic E-state index is 8.70. The van der Waals surface area contributed by atoms with Crippen LogP contribution in [0.5, 0.6) is 0 Å². The normalized spacial score (nSPS) is 18.3. The molecule has 0 amide bonds. The topological polar surface area (TPSA) is 35.5 Å². The number of hydrogen-bond donors (Lipinski definition) is 2. The predicted octanol–water partition coefficient (Wildman–Crippen LogP) is 0.729. The van der Waals surface area contributed by atoms with Crippen molar-refractivity contribution in [3.05, 3.63) is 11.8 Å². The number of aliphatic hydroxyl groups excluding tert-OH is 1. The number of nitrogens with one attached hydrogen (secondary N) is 1. The molecule has 1 aliphatic rings. The largest absolute Gasteiger partial charge is 0.394 e. The summed E-state index contributed by atoms with van der Waals surface area (Å²) in [7, 11) is 0. The summed E-state index contributed by atoms with van der Waals surface area (Å²) in [6, 6.07) is 0. The lowest BCUT2D eigenvalue weighted by Crippen LogP contribution is -2.31. The Hall–Kier alpha value is -0.540. The van der Waals surface area contributed by atoms with Crippen LogP contribution in [0.4, 0.5) is 0 Å². The Kier molecular flexibility index (Phi) is 2.75. The van der Waals surface area contributed by atoms with Crippen LogP contribution in [0.25, 0.3) is 0 Å². The van der Waals surface area contributed by atoms with Crippen LogP contribution < -0.4 is 5.43 Å². The van der Waals surface area contributed by atoms with Gasteiger partial charge in [-0.25, -0.2) is 5.43 Å². The third-order valence-corrected chi connectivity index (χ3v) is 2.09. The zero-order valence-electron chi connectivity index (χ0n) is 8.09. The highest BCUT2D eigenvalue weighted by molar-refractivity contribution is 5.15. The molecule has 3 heteroatoms. The van der Waals surface area contributed by atoms with E-state index in [1.54, 1.807) is 0 Å². The van der Waals surface area contributed by atoms with Gasteiger partial charge in [0, 0.05) is 12.7 Å². The summed E-state index contributed by atoms with van der Waals surface area (Å²) >= 11 is 0. The van der Waals surface area contributed by atoms with E-state index in [0.29, 0.717) is 6.54 Å². The number of rotatable bonds is 2. The molecule has 1 aliphatic heterocycles. The van der Waals surface area contributed by atoms with Gasteiger partial charge in [-0.15, -0.1) is 0 Å². The van der Waals surface area contributed by atoms with Crippen molar-refractivity contribution >= 4 is 0 Å². The first-order valence-corrected chi connectivity index (χ1v) is 4.36. The van der Waals surface area contributed by atoms with E-state index < -0.39 is 0 Å². The quantitative estimate of drug-likeness (QED) is 0.641.